The van der Waals surface area contributed by atoms with E-state index in [1.165, 1.54) is 0 Å². The second-order valence-corrected chi connectivity index (χ2v) is 7.82. The van der Waals surface area contributed by atoms with Crippen LogP contribution in [0.25, 0.3) is 0 Å². The lowest BCUT2D eigenvalue weighted by Gasteiger charge is -2.10. The van der Waals surface area contributed by atoms with Crippen molar-refractivity contribution in [2.75, 3.05) is 0 Å². The second-order valence-electron chi connectivity index (χ2n) is 7.82. The molecule has 1 N–H and O–H groups in total. The largest absolute Gasteiger partial charge is 0.489 e. The van der Waals surface area contributed by atoms with Crippen LogP contribution in [0, 0.1) is 0 Å². The molecule has 5 nitrogen and oxygen atoms in total. The van der Waals surface area contributed by atoms with Crippen LogP contribution in [-0.4, -0.2) is 11.1 Å². The fourth-order valence-electron chi connectivity index (χ4n) is 3.30. The molecular formula is C29H26O5. The Hall–Kier alpha value is -4.25. The van der Waals surface area contributed by atoms with Crippen LogP contribution in [0.5, 0.6) is 23.0 Å². The first kappa shape index (κ1) is 22.9. The van der Waals surface area contributed by atoms with Crippen LogP contribution in [-0.2, 0) is 24.4 Å². The average molecular weight is 455 g/mol. The predicted molar refractivity (Wildman–Crippen MR) is 130 cm³/mol. The summed E-state index contributed by atoms with van der Waals surface area (Å²) in [4.78, 5) is 10.7. The van der Waals surface area contributed by atoms with Crippen molar-refractivity contribution in [2.24, 2.45) is 0 Å². The number of ether oxygens (including phenoxy) is 3. The molecule has 0 heterocycles. The van der Waals surface area contributed by atoms with Crippen molar-refractivity contribution in [3.8, 4) is 23.0 Å². The van der Waals surface area contributed by atoms with Crippen LogP contribution in [0.3, 0.4) is 0 Å². The highest BCUT2D eigenvalue weighted by Crippen LogP contribution is 2.25. The van der Waals surface area contributed by atoms with E-state index in [0.717, 1.165) is 39.7 Å². The van der Waals surface area contributed by atoms with Gasteiger partial charge >= 0.3 is 5.97 Å². The van der Waals surface area contributed by atoms with E-state index in [0.29, 0.717) is 19.6 Å². The number of rotatable bonds is 11. The van der Waals surface area contributed by atoms with E-state index < -0.39 is 5.97 Å². The quantitative estimate of drug-likeness (QED) is 0.275. The molecule has 0 aromatic heterocycles. The van der Waals surface area contributed by atoms with E-state index in [2.05, 4.69) is 0 Å². The molecule has 0 aliphatic heterocycles. The Morgan fingerprint density at radius 3 is 1.56 bits per heavy atom. The minimum Gasteiger partial charge on any atom is -0.489 e. The van der Waals surface area contributed by atoms with Gasteiger partial charge in [-0.15, -0.1) is 0 Å². The topological polar surface area (TPSA) is 65.0 Å². The molecule has 0 saturated carbocycles. The van der Waals surface area contributed by atoms with Crippen LogP contribution in [0.1, 0.15) is 23.1 Å². The summed E-state index contributed by atoms with van der Waals surface area (Å²) in [5.41, 5.74) is 3.12. The molecule has 0 spiro atoms. The Morgan fingerprint density at radius 2 is 1.00 bits per heavy atom. The molecule has 0 atom stereocenters. The predicted octanol–water partition coefficient (Wildman–Crippen LogP) is 6.65. The molecule has 0 radical (unpaired) electrons. The third-order valence-corrected chi connectivity index (χ3v) is 5.19. The van der Waals surface area contributed by atoms with Crippen LogP contribution in [0.15, 0.2) is 103 Å². The molecule has 0 fully saturated rings. The first-order valence-electron chi connectivity index (χ1n) is 11.1. The zero-order chi connectivity index (χ0) is 23.6. The first-order valence-corrected chi connectivity index (χ1v) is 11.1. The highest BCUT2D eigenvalue weighted by molar-refractivity contribution is 5.67. The lowest BCUT2D eigenvalue weighted by molar-refractivity contribution is -0.136. The van der Waals surface area contributed by atoms with Crippen molar-refractivity contribution in [1.82, 2.24) is 0 Å². The molecule has 5 heteroatoms. The Balaban J connectivity index is 1.23. The summed E-state index contributed by atoms with van der Waals surface area (Å²) in [6.45, 7) is 0.960. The van der Waals surface area contributed by atoms with E-state index in [-0.39, 0.29) is 6.42 Å². The van der Waals surface area contributed by atoms with Gasteiger partial charge in [-0.25, -0.2) is 0 Å². The van der Waals surface area contributed by atoms with Crippen molar-refractivity contribution in [1.29, 1.82) is 0 Å². The molecule has 0 unspecified atom stereocenters. The molecule has 0 aliphatic rings. The zero-order valence-electron chi connectivity index (χ0n) is 18.7. The summed E-state index contributed by atoms with van der Waals surface area (Å²) in [6, 6.07) is 32.9. The molecule has 172 valence electrons. The fourth-order valence-corrected chi connectivity index (χ4v) is 3.30. The maximum Gasteiger partial charge on any atom is 0.303 e. The summed E-state index contributed by atoms with van der Waals surface area (Å²) in [6.07, 6.45) is 0.640. The number of carboxylic acid groups (broad SMARTS) is 1. The monoisotopic (exact) mass is 454 g/mol. The Morgan fingerprint density at radius 1 is 0.559 bits per heavy atom. The number of benzene rings is 4. The van der Waals surface area contributed by atoms with Gasteiger partial charge in [-0.3, -0.25) is 4.79 Å². The van der Waals surface area contributed by atoms with E-state index in [4.69, 9.17) is 19.3 Å². The van der Waals surface area contributed by atoms with Gasteiger partial charge in [0.1, 0.15) is 36.2 Å². The first-order chi connectivity index (χ1) is 16.6. The number of hydrogen-bond acceptors (Lipinski definition) is 4. The van der Waals surface area contributed by atoms with Crippen molar-refractivity contribution < 1.29 is 24.1 Å². The molecule has 4 rings (SSSR count). The van der Waals surface area contributed by atoms with Crippen molar-refractivity contribution in [2.45, 2.75) is 26.1 Å². The van der Waals surface area contributed by atoms with Crippen molar-refractivity contribution in [3.63, 3.8) is 0 Å². The minimum absolute atomic E-state index is 0.126. The van der Waals surface area contributed by atoms with E-state index in [9.17, 15) is 4.79 Å². The van der Waals surface area contributed by atoms with E-state index in [1.54, 1.807) is 0 Å². The average Bonchev–Trinajstić information content (AvgIpc) is 2.88. The third kappa shape index (κ3) is 7.14. The number of carboxylic acids is 1. The van der Waals surface area contributed by atoms with E-state index in [1.807, 2.05) is 103 Å². The molecule has 0 aliphatic carbocycles. The number of hydrogen-bond donors (Lipinski definition) is 1. The standard InChI is InChI=1S/C29H26O5/c30-29(31)19-10-22-6-11-25(12-7-22)33-21-24-8-13-27(14-9-24)34-28-17-15-26(16-18-28)32-20-23-4-2-1-3-5-23/h1-9,11-18H,10,19-21H2,(H,30,31). The van der Waals surface area contributed by atoms with Gasteiger partial charge in [-0.2, -0.15) is 0 Å². The summed E-state index contributed by atoms with van der Waals surface area (Å²) >= 11 is 0. The molecule has 0 bridgehead atoms. The molecule has 0 amide bonds. The van der Waals surface area contributed by atoms with Gasteiger partial charge in [0.05, 0.1) is 0 Å². The van der Waals surface area contributed by atoms with Crippen molar-refractivity contribution >= 4 is 5.97 Å². The van der Waals surface area contributed by atoms with Gasteiger partial charge in [0.15, 0.2) is 0 Å². The zero-order valence-corrected chi connectivity index (χ0v) is 18.7. The summed E-state index contributed by atoms with van der Waals surface area (Å²) in [5.74, 6) is 2.22. The smallest absolute Gasteiger partial charge is 0.303 e. The van der Waals surface area contributed by atoms with Gasteiger partial charge < -0.3 is 19.3 Å². The van der Waals surface area contributed by atoms with Crippen LogP contribution < -0.4 is 14.2 Å². The van der Waals surface area contributed by atoms with Crippen LogP contribution in [0.2, 0.25) is 0 Å². The van der Waals surface area contributed by atoms with Gasteiger partial charge in [0.2, 0.25) is 0 Å². The van der Waals surface area contributed by atoms with Gasteiger partial charge in [-0.1, -0.05) is 54.6 Å². The van der Waals surface area contributed by atoms with Crippen LogP contribution in [0.4, 0.5) is 0 Å². The Kier molecular flexibility index (Phi) is 7.80. The summed E-state index contributed by atoms with van der Waals surface area (Å²) in [5, 5.41) is 8.77. The highest BCUT2D eigenvalue weighted by atomic mass is 16.5. The number of aryl methyl sites for hydroxylation is 1. The van der Waals surface area contributed by atoms with Crippen molar-refractivity contribution in [3.05, 3.63) is 120 Å². The second kappa shape index (κ2) is 11.6. The minimum atomic E-state index is -0.794. The maximum absolute atomic E-state index is 10.7. The van der Waals surface area contributed by atoms with Gasteiger partial charge in [0.25, 0.3) is 0 Å². The maximum atomic E-state index is 10.7. The highest BCUT2D eigenvalue weighted by Gasteiger charge is 2.03. The van der Waals surface area contributed by atoms with Crippen LogP contribution >= 0.6 is 0 Å². The SMILES string of the molecule is O=C(O)CCc1ccc(OCc2ccc(Oc3ccc(OCc4ccccc4)cc3)cc2)cc1. The van der Waals surface area contributed by atoms with E-state index >= 15 is 0 Å². The molecule has 4 aromatic rings. The number of carbonyl (C=O) groups is 1. The lowest BCUT2D eigenvalue weighted by atomic mass is 10.1. The molecule has 0 saturated heterocycles. The molecule has 34 heavy (non-hydrogen) atoms. The molecule has 4 aromatic carbocycles. The lowest BCUT2D eigenvalue weighted by Crippen LogP contribution is -1.98. The van der Waals surface area contributed by atoms with Gasteiger partial charge in [0, 0.05) is 6.42 Å². The number of aliphatic carboxylic acids is 1. The fraction of sp³-hybridized carbons (Fsp3) is 0.138. The van der Waals surface area contributed by atoms with Gasteiger partial charge in [-0.05, 0) is 71.6 Å². The normalized spacial score (nSPS) is 10.5. The Bertz CT molecular complexity index is 1170. The Labute approximate surface area is 199 Å². The molecular weight excluding hydrogens is 428 g/mol. The third-order valence-electron chi connectivity index (χ3n) is 5.19. The summed E-state index contributed by atoms with van der Waals surface area (Å²) in [7, 11) is 0. The summed E-state index contributed by atoms with van der Waals surface area (Å²) < 4.78 is 17.6.